The van der Waals surface area contributed by atoms with Crippen molar-refractivity contribution in [2.75, 3.05) is 13.1 Å². The minimum atomic E-state index is -0.850. The normalized spacial score (nSPS) is 21.3. The van der Waals surface area contributed by atoms with Crippen LogP contribution in [0.2, 0.25) is 0 Å². The van der Waals surface area contributed by atoms with Crippen molar-refractivity contribution < 1.29 is 14.7 Å². The monoisotopic (exact) mass is 229 g/mol. The van der Waals surface area contributed by atoms with Crippen molar-refractivity contribution in [3.63, 3.8) is 0 Å². The van der Waals surface area contributed by atoms with E-state index in [9.17, 15) is 14.7 Å². The van der Waals surface area contributed by atoms with Crippen LogP contribution in [0.3, 0.4) is 0 Å². The third-order valence-electron chi connectivity index (χ3n) is 3.20. The van der Waals surface area contributed by atoms with E-state index in [1.54, 1.807) is 11.8 Å². The molecule has 1 heterocycles. The number of nitrogens with zero attached hydrogens (tertiary/aromatic N) is 1. The van der Waals surface area contributed by atoms with Gasteiger partial charge in [0.15, 0.2) is 0 Å². The Morgan fingerprint density at radius 2 is 1.88 bits per heavy atom. The molecule has 0 saturated carbocycles. The SMILES string of the molecule is CC(C(=O)NC(N)=O)N1CC(O)(C(C)C)C1. The smallest absolute Gasteiger partial charge is 0.318 e. The summed E-state index contributed by atoms with van der Waals surface area (Å²) in [5, 5.41) is 12.0. The van der Waals surface area contributed by atoms with Gasteiger partial charge in [-0.1, -0.05) is 13.8 Å². The zero-order valence-corrected chi connectivity index (χ0v) is 9.86. The average molecular weight is 229 g/mol. The van der Waals surface area contributed by atoms with Gasteiger partial charge in [0.2, 0.25) is 5.91 Å². The van der Waals surface area contributed by atoms with Gasteiger partial charge < -0.3 is 10.8 Å². The highest BCUT2D eigenvalue weighted by molar-refractivity contribution is 5.96. The van der Waals surface area contributed by atoms with Crippen molar-refractivity contribution >= 4 is 11.9 Å². The number of carbonyl (C=O) groups is 2. The molecule has 0 aliphatic carbocycles. The van der Waals surface area contributed by atoms with Gasteiger partial charge in [0.25, 0.3) is 0 Å². The zero-order chi connectivity index (χ0) is 12.5. The van der Waals surface area contributed by atoms with Gasteiger partial charge >= 0.3 is 6.03 Å². The van der Waals surface area contributed by atoms with Crippen LogP contribution >= 0.6 is 0 Å². The maximum atomic E-state index is 11.4. The molecular weight excluding hydrogens is 210 g/mol. The van der Waals surface area contributed by atoms with Crippen molar-refractivity contribution in [2.45, 2.75) is 32.4 Å². The molecule has 1 rings (SSSR count). The largest absolute Gasteiger partial charge is 0.387 e. The molecule has 0 radical (unpaired) electrons. The quantitative estimate of drug-likeness (QED) is 0.594. The lowest BCUT2D eigenvalue weighted by molar-refractivity contribution is -0.153. The van der Waals surface area contributed by atoms with Gasteiger partial charge in [-0.2, -0.15) is 0 Å². The molecule has 1 atom stereocenters. The first kappa shape index (κ1) is 12.9. The number of imide groups is 1. The van der Waals surface area contributed by atoms with Crippen LogP contribution in [0, 0.1) is 5.92 Å². The molecule has 92 valence electrons. The Bertz CT molecular complexity index is 298. The number of hydrogen-bond acceptors (Lipinski definition) is 4. The molecule has 4 N–H and O–H groups in total. The maximum Gasteiger partial charge on any atom is 0.318 e. The number of urea groups is 1. The Kier molecular flexibility index (Phi) is 3.54. The highest BCUT2D eigenvalue weighted by atomic mass is 16.3. The van der Waals surface area contributed by atoms with Crippen molar-refractivity contribution in [3.05, 3.63) is 0 Å². The van der Waals surface area contributed by atoms with Gasteiger partial charge in [-0.25, -0.2) is 4.79 Å². The predicted molar refractivity (Wildman–Crippen MR) is 58.5 cm³/mol. The fourth-order valence-corrected chi connectivity index (χ4v) is 1.69. The molecule has 0 spiro atoms. The molecule has 1 unspecified atom stereocenters. The first-order chi connectivity index (χ1) is 7.26. The summed E-state index contributed by atoms with van der Waals surface area (Å²) >= 11 is 0. The molecular formula is C10H19N3O3. The minimum absolute atomic E-state index is 0.148. The molecule has 0 aromatic carbocycles. The zero-order valence-electron chi connectivity index (χ0n) is 9.86. The third-order valence-corrected chi connectivity index (χ3v) is 3.20. The summed E-state index contributed by atoms with van der Waals surface area (Å²) in [5.41, 5.74) is 4.13. The standard InChI is InChI=1S/C10H19N3O3/c1-6(2)10(16)4-13(5-10)7(3)8(14)12-9(11)15/h6-7,16H,4-5H2,1-3H3,(H3,11,12,14,15). The molecule has 16 heavy (non-hydrogen) atoms. The molecule has 1 saturated heterocycles. The molecule has 3 amide bonds. The Hall–Kier alpha value is -1.14. The Morgan fingerprint density at radius 3 is 2.25 bits per heavy atom. The van der Waals surface area contributed by atoms with E-state index in [1.165, 1.54) is 0 Å². The Balaban J connectivity index is 2.45. The summed E-state index contributed by atoms with van der Waals surface area (Å²) in [4.78, 5) is 23.7. The molecule has 6 nitrogen and oxygen atoms in total. The van der Waals surface area contributed by atoms with E-state index in [0.29, 0.717) is 13.1 Å². The number of likely N-dealkylation sites (tertiary alicyclic amines) is 1. The van der Waals surface area contributed by atoms with Crippen molar-refractivity contribution in [3.8, 4) is 0 Å². The first-order valence-electron chi connectivity index (χ1n) is 5.33. The van der Waals surface area contributed by atoms with Gasteiger partial charge in [0.05, 0.1) is 11.6 Å². The Labute approximate surface area is 94.8 Å². The summed E-state index contributed by atoms with van der Waals surface area (Å²) in [6.07, 6.45) is 0. The number of nitrogens with one attached hydrogen (secondary N) is 1. The van der Waals surface area contributed by atoms with Crippen molar-refractivity contribution in [2.24, 2.45) is 11.7 Å². The lowest BCUT2D eigenvalue weighted by atomic mass is 9.82. The summed E-state index contributed by atoms with van der Waals surface area (Å²) in [6, 6.07) is -1.30. The number of primary amides is 1. The molecule has 0 bridgehead atoms. The van der Waals surface area contributed by atoms with E-state index >= 15 is 0 Å². The second-order valence-electron chi connectivity index (χ2n) is 4.69. The summed E-state index contributed by atoms with van der Waals surface area (Å²) in [6.45, 7) is 6.44. The van der Waals surface area contributed by atoms with Crippen molar-refractivity contribution in [1.29, 1.82) is 0 Å². The summed E-state index contributed by atoms with van der Waals surface area (Å²) in [7, 11) is 0. The van der Waals surface area contributed by atoms with Crippen molar-refractivity contribution in [1.82, 2.24) is 10.2 Å². The first-order valence-corrected chi connectivity index (χ1v) is 5.33. The minimum Gasteiger partial charge on any atom is -0.387 e. The predicted octanol–water partition coefficient (Wildman–Crippen LogP) is -0.727. The van der Waals surface area contributed by atoms with E-state index in [-0.39, 0.29) is 5.92 Å². The van der Waals surface area contributed by atoms with E-state index in [2.05, 4.69) is 0 Å². The molecule has 0 aromatic heterocycles. The second kappa shape index (κ2) is 4.39. The van der Waals surface area contributed by atoms with E-state index in [4.69, 9.17) is 5.73 Å². The van der Waals surface area contributed by atoms with Gasteiger partial charge in [-0.3, -0.25) is 15.0 Å². The van der Waals surface area contributed by atoms with Crippen LogP contribution in [0.15, 0.2) is 0 Å². The van der Waals surface area contributed by atoms with Crippen LogP contribution in [-0.2, 0) is 4.79 Å². The maximum absolute atomic E-state index is 11.4. The van der Waals surface area contributed by atoms with E-state index in [0.717, 1.165) is 0 Å². The number of hydrogen-bond donors (Lipinski definition) is 3. The number of rotatable bonds is 3. The van der Waals surface area contributed by atoms with Crippen LogP contribution < -0.4 is 11.1 Å². The second-order valence-corrected chi connectivity index (χ2v) is 4.69. The van der Waals surface area contributed by atoms with Gasteiger partial charge in [-0.15, -0.1) is 0 Å². The molecule has 1 aliphatic heterocycles. The molecule has 1 fully saturated rings. The van der Waals surface area contributed by atoms with Crippen LogP contribution in [0.25, 0.3) is 0 Å². The average Bonchev–Trinajstić information content (AvgIpc) is 2.10. The molecule has 0 aromatic rings. The number of amides is 3. The van der Waals surface area contributed by atoms with Crippen LogP contribution in [0.4, 0.5) is 4.79 Å². The topological polar surface area (TPSA) is 95.7 Å². The van der Waals surface area contributed by atoms with E-state index in [1.807, 2.05) is 19.2 Å². The number of carbonyl (C=O) groups excluding carboxylic acids is 2. The summed E-state index contributed by atoms with van der Waals surface area (Å²) in [5.74, 6) is -0.284. The fourth-order valence-electron chi connectivity index (χ4n) is 1.69. The van der Waals surface area contributed by atoms with Crippen LogP contribution in [-0.4, -0.2) is 46.7 Å². The molecule has 6 heteroatoms. The van der Waals surface area contributed by atoms with Gasteiger partial charge in [0, 0.05) is 13.1 Å². The number of nitrogens with two attached hydrogens (primary N) is 1. The van der Waals surface area contributed by atoms with Crippen LogP contribution in [0.1, 0.15) is 20.8 Å². The van der Waals surface area contributed by atoms with E-state index < -0.39 is 23.6 Å². The lowest BCUT2D eigenvalue weighted by Crippen LogP contribution is -2.68. The van der Waals surface area contributed by atoms with Crippen LogP contribution in [0.5, 0.6) is 0 Å². The fraction of sp³-hybridized carbons (Fsp3) is 0.800. The number of aliphatic hydroxyl groups is 1. The summed E-state index contributed by atoms with van der Waals surface area (Å²) < 4.78 is 0. The highest BCUT2D eigenvalue weighted by Crippen LogP contribution is 2.29. The lowest BCUT2D eigenvalue weighted by Gasteiger charge is -2.51. The Morgan fingerprint density at radius 1 is 1.38 bits per heavy atom. The molecule has 1 aliphatic rings. The van der Waals surface area contributed by atoms with Gasteiger partial charge in [-0.05, 0) is 12.8 Å². The highest BCUT2D eigenvalue weighted by Gasteiger charge is 2.46. The van der Waals surface area contributed by atoms with Gasteiger partial charge in [0.1, 0.15) is 0 Å². The number of β-amino-alcohol motifs (C(OH)–C–C–N with tert-alkyl or cyclic N) is 1. The third kappa shape index (κ3) is 2.51.